The Morgan fingerprint density at radius 1 is 1.56 bits per heavy atom. The van der Waals surface area contributed by atoms with E-state index in [1.165, 1.54) is 0 Å². The van der Waals surface area contributed by atoms with Gasteiger partial charge in [-0.1, -0.05) is 6.08 Å². The molecule has 2 heterocycles. The summed E-state index contributed by atoms with van der Waals surface area (Å²) in [4.78, 5) is 3.78. The average molecular weight is 266 g/mol. The van der Waals surface area contributed by atoms with E-state index in [-0.39, 0.29) is 0 Å². The fraction of sp³-hybridized carbons (Fsp3) is 0.462. The van der Waals surface area contributed by atoms with Gasteiger partial charge in [0.15, 0.2) is 10.9 Å². The third-order valence-corrected chi connectivity index (χ3v) is 3.56. The Hall–Kier alpha value is -1.33. The number of nitrogens with one attached hydrogen (secondary N) is 2. The molecule has 1 aliphatic rings. The third kappa shape index (κ3) is 3.58. The Labute approximate surface area is 113 Å². The van der Waals surface area contributed by atoms with Gasteiger partial charge in [0.25, 0.3) is 0 Å². The van der Waals surface area contributed by atoms with E-state index >= 15 is 0 Å². The summed E-state index contributed by atoms with van der Waals surface area (Å²) in [5, 5.41) is 4.01. The molecule has 0 spiro atoms. The van der Waals surface area contributed by atoms with E-state index in [9.17, 15) is 0 Å². The molecule has 0 radical (unpaired) electrons. The molecule has 1 saturated heterocycles. The molecule has 0 amide bonds. The van der Waals surface area contributed by atoms with Gasteiger partial charge in [-0.15, -0.1) is 6.58 Å². The lowest BCUT2D eigenvalue weighted by Crippen LogP contribution is -3.13. The first-order valence-corrected chi connectivity index (χ1v) is 6.70. The van der Waals surface area contributed by atoms with Crippen molar-refractivity contribution >= 4 is 17.3 Å². The quantitative estimate of drug-likeness (QED) is 0.595. The van der Waals surface area contributed by atoms with Crippen molar-refractivity contribution in [2.45, 2.75) is 6.54 Å². The molecule has 1 aliphatic heterocycles. The highest BCUT2D eigenvalue weighted by atomic mass is 32.1. The van der Waals surface area contributed by atoms with Gasteiger partial charge < -0.3 is 19.5 Å². The maximum atomic E-state index is 5.38. The topological polar surface area (TPSA) is 32.9 Å². The van der Waals surface area contributed by atoms with Gasteiger partial charge in [-0.3, -0.25) is 0 Å². The minimum Gasteiger partial charge on any atom is -0.463 e. The van der Waals surface area contributed by atoms with Crippen molar-refractivity contribution in [1.29, 1.82) is 0 Å². The molecule has 2 N–H and O–H groups in total. The van der Waals surface area contributed by atoms with Crippen molar-refractivity contribution in [3.8, 4) is 0 Å². The zero-order valence-corrected chi connectivity index (χ0v) is 11.3. The van der Waals surface area contributed by atoms with Crippen LogP contribution in [0.3, 0.4) is 0 Å². The number of nitrogens with zero attached hydrogens (tertiary/aromatic N) is 1. The fourth-order valence-corrected chi connectivity index (χ4v) is 2.40. The molecule has 4 nitrogen and oxygen atoms in total. The van der Waals surface area contributed by atoms with Crippen LogP contribution in [0.5, 0.6) is 0 Å². The molecule has 98 valence electrons. The highest BCUT2D eigenvalue weighted by Crippen LogP contribution is 1.98. The van der Waals surface area contributed by atoms with Crippen LogP contribution in [0.15, 0.2) is 35.5 Å². The number of hydrogen-bond donors (Lipinski definition) is 2. The van der Waals surface area contributed by atoms with Crippen molar-refractivity contribution in [2.75, 3.05) is 32.7 Å². The largest absolute Gasteiger partial charge is 0.463 e. The van der Waals surface area contributed by atoms with Gasteiger partial charge in [0.05, 0.1) is 32.4 Å². The van der Waals surface area contributed by atoms with Crippen molar-refractivity contribution in [3.63, 3.8) is 0 Å². The molecule has 0 saturated carbocycles. The molecule has 1 aromatic rings. The van der Waals surface area contributed by atoms with Crippen LogP contribution < -0.4 is 10.2 Å². The van der Waals surface area contributed by atoms with Gasteiger partial charge in [-0.05, 0) is 24.4 Å². The van der Waals surface area contributed by atoms with Crippen molar-refractivity contribution in [3.05, 3.63) is 36.8 Å². The second-order valence-electron chi connectivity index (χ2n) is 4.47. The lowest BCUT2D eigenvalue weighted by atomic mass is 10.3. The minimum atomic E-state index is 0.734. The van der Waals surface area contributed by atoms with Crippen molar-refractivity contribution < 1.29 is 9.32 Å². The molecule has 0 atom stereocenters. The van der Waals surface area contributed by atoms with Crippen LogP contribution in [-0.2, 0) is 6.54 Å². The lowest BCUT2D eigenvalue weighted by molar-refractivity contribution is -0.918. The smallest absolute Gasteiger partial charge is 0.169 e. The summed E-state index contributed by atoms with van der Waals surface area (Å²) in [5.41, 5.74) is 0. The van der Waals surface area contributed by atoms with Gasteiger partial charge in [-0.25, -0.2) is 0 Å². The van der Waals surface area contributed by atoms with Crippen LogP contribution in [0.4, 0.5) is 0 Å². The van der Waals surface area contributed by atoms with Gasteiger partial charge in [0, 0.05) is 6.54 Å². The average Bonchev–Trinajstić information content (AvgIpc) is 2.89. The molecule has 2 rings (SSSR count). The first-order chi connectivity index (χ1) is 8.79. The SMILES string of the molecule is C=CCNC(=S)N1CC[NH+](Cc2ccco2)CC1. The summed E-state index contributed by atoms with van der Waals surface area (Å²) in [6, 6.07) is 3.98. The second-order valence-corrected chi connectivity index (χ2v) is 4.85. The Kier molecular flexibility index (Phi) is 4.78. The highest BCUT2D eigenvalue weighted by Gasteiger charge is 2.22. The fourth-order valence-electron chi connectivity index (χ4n) is 2.13. The van der Waals surface area contributed by atoms with E-state index in [1.54, 1.807) is 11.2 Å². The van der Waals surface area contributed by atoms with E-state index in [0.29, 0.717) is 0 Å². The highest BCUT2D eigenvalue weighted by molar-refractivity contribution is 7.80. The van der Waals surface area contributed by atoms with Crippen LogP contribution in [0.1, 0.15) is 5.76 Å². The molecule has 18 heavy (non-hydrogen) atoms. The molecule has 5 heteroatoms. The van der Waals surface area contributed by atoms with Gasteiger partial charge >= 0.3 is 0 Å². The molecule has 0 aromatic carbocycles. The molecule has 0 bridgehead atoms. The van der Waals surface area contributed by atoms with Crippen LogP contribution in [0.2, 0.25) is 0 Å². The van der Waals surface area contributed by atoms with Crippen LogP contribution in [0, 0.1) is 0 Å². The van der Waals surface area contributed by atoms with Crippen LogP contribution >= 0.6 is 12.2 Å². The summed E-state index contributed by atoms with van der Waals surface area (Å²) in [7, 11) is 0. The lowest BCUT2D eigenvalue weighted by Gasteiger charge is -2.33. The molecule has 1 aromatic heterocycles. The van der Waals surface area contributed by atoms with Crippen molar-refractivity contribution in [1.82, 2.24) is 10.2 Å². The first kappa shape index (κ1) is 13.1. The number of hydrogen-bond acceptors (Lipinski definition) is 2. The number of rotatable bonds is 4. The summed E-state index contributed by atoms with van der Waals surface area (Å²) in [6.45, 7) is 9.56. The number of furan rings is 1. The van der Waals surface area contributed by atoms with Gasteiger partial charge in [0.1, 0.15) is 6.54 Å². The van der Waals surface area contributed by atoms with Gasteiger partial charge in [0.2, 0.25) is 0 Å². The Morgan fingerprint density at radius 3 is 2.94 bits per heavy atom. The first-order valence-electron chi connectivity index (χ1n) is 6.29. The molecular weight excluding hydrogens is 246 g/mol. The normalized spacial score (nSPS) is 16.6. The van der Waals surface area contributed by atoms with Crippen molar-refractivity contribution in [2.24, 2.45) is 0 Å². The molecule has 0 unspecified atom stereocenters. The summed E-state index contributed by atoms with van der Waals surface area (Å²) in [6.07, 6.45) is 3.56. The zero-order chi connectivity index (χ0) is 12.8. The zero-order valence-electron chi connectivity index (χ0n) is 10.5. The third-order valence-electron chi connectivity index (χ3n) is 3.16. The van der Waals surface area contributed by atoms with Crippen LogP contribution in [0.25, 0.3) is 0 Å². The standard InChI is InChI=1S/C13H19N3OS/c1-2-5-14-13(18)16-8-6-15(7-9-16)11-12-4-3-10-17-12/h2-4,10H,1,5-9,11H2,(H,14,18)/p+1. The monoisotopic (exact) mass is 266 g/mol. The maximum Gasteiger partial charge on any atom is 0.169 e. The number of thiocarbonyl (C=S) groups is 1. The Bertz CT molecular complexity index is 383. The molecule has 0 aliphatic carbocycles. The van der Waals surface area contributed by atoms with E-state index in [4.69, 9.17) is 16.6 Å². The van der Waals surface area contributed by atoms with Gasteiger partial charge in [-0.2, -0.15) is 0 Å². The predicted molar refractivity (Wildman–Crippen MR) is 75.5 cm³/mol. The minimum absolute atomic E-state index is 0.734. The predicted octanol–water partition coefficient (Wildman–Crippen LogP) is 0.0406. The van der Waals surface area contributed by atoms with Crippen LogP contribution in [-0.4, -0.2) is 42.7 Å². The Balaban J connectivity index is 1.74. The summed E-state index contributed by atoms with van der Waals surface area (Å²) >= 11 is 5.33. The van der Waals surface area contributed by atoms with E-state index in [2.05, 4.69) is 16.8 Å². The molecule has 1 fully saturated rings. The maximum absolute atomic E-state index is 5.38. The van der Waals surface area contributed by atoms with E-state index in [1.807, 2.05) is 18.2 Å². The van der Waals surface area contributed by atoms with E-state index < -0.39 is 0 Å². The summed E-state index contributed by atoms with van der Waals surface area (Å²) in [5.74, 6) is 1.06. The number of piperazine rings is 1. The van der Waals surface area contributed by atoms with E-state index in [0.717, 1.165) is 50.1 Å². The second kappa shape index (κ2) is 6.56. The summed E-state index contributed by atoms with van der Waals surface area (Å²) < 4.78 is 5.38. The Morgan fingerprint density at radius 2 is 2.33 bits per heavy atom. The number of quaternary nitrogens is 1. The molecular formula is C13H20N3OS+.